The lowest BCUT2D eigenvalue weighted by Gasteiger charge is -2.36. The van der Waals surface area contributed by atoms with Crippen molar-refractivity contribution in [2.24, 2.45) is 0 Å². The maximum Gasteiger partial charge on any atom is 0.280 e. The van der Waals surface area contributed by atoms with E-state index in [9.17, 15) is 8.42 Å². The van der Waals surface area contributed by atoms with Gasteiger partial charge < -0.3 is 9.84 Å². The number of morpholine rings is 1. The molecule has 17 heavy (non-hydrogen) atoms. The van der Waals surface area contributed by atoms with E-state index >= 15 is 0 Å². The van der Waals surface area contributed by atoms with Gasteiger partial charge in [0.2, 0.25) is 0 Å². The third-order valence-electron chi connectivity index (χ3n) is 2.27. The molecule has 0 aromatic rings. The lowest BCUT2D eigenvalue weighted by Crippen LogP contribution is -2.56. The molecule has 2 unspecified atom stereocenters. The van der Waals surface area contributed by atoms with E-state index in [0.717, 1.165) is 0 Å². The van der Waals surface area contributed by atoms with Crippen LogP contribution in [0.5, 0.6) is 0 Å². The van der Waals surface area contributed by atoms with E-state index in [4.69, 9.17) is 9.84 Å². The van der Waals surface area contributed by atoms with Crippen molar-refractivity contribution in [1.82, 2.24) is 9.03 Å². The molecule has 0 aliphatic carbocycles. The van der Waals surface area contributed by atoms with Crippen LogP contribution in [-0.2, 0) is 14.9 Å². The van der Waals surface area contributed by atoms with Crippen molar-refractivity contribution >= 4 is 10.2 Å². The van der Waals surface area contributed by atoms with Crippen molar-refractivity contribution in [3.05, 3.63) is 0 Å². The average Bonchev–Trinajstić information content (AvgIpc) is 2.13. The SMILES string of the molecule is CC1CN(S(=O)(=O)NC(C)(C)C)CC(CO)O1. The predicted octanol–water partition coefficient (Wildman–Crippen LogP) is -0.299. The summed E-state index contributed by atoms with van der Waals surface area (Å²) in [5.74, 6) is 0. The average molecular weight is 266 g/mol. The topological polar surface area (TPSA) is 78.9 Å². The van der Waals surface area contributed by atoms with Crippen LogP contribution in [-0.4, -0.2) is 55.3 Å². The molecule has 6 nitrogen and oxygen atoms in total. The minimum Gasteiger partial charge on any atom is -0.394 e. The fraction of sp³-hybridized carbons (Fsp3) is 1.00. The van der Waals surface area contributed by atoms with E-state index in [-0.39, 0.29) is 19.3 Å². The Morgan fingerprint density at radius 2 is 2.00 bits per heavy atom. The second kappa shape index (κ2) is 5.19. The Labute approximate surface area is 103 Å². The molecule has 0 aromatic heterocycles. The van der Waals surface area contributed by atoms with Crippen molar-refractivity contribution in [2.45, 2.75) is 45.4 Å². The number of aliphatic hydroxyl groups is 1. The summed E-state index contributed by atoms with van der Waals surface area (Å²) >= 11 is 0. The van der Waals surface area contributed by atoms with Crippen LogP contribution in [0, 0.1) is 0 Å². The molecule has 7 heteroatoms. The smallest absolute Gasteiger partial charge is 0.280 e. The quantitative estimate of drug-likeness (QED) is 0.735. The summed E-state index contributed by atoms with van der Waals surface area (Å²) in [5.41, 5.74) is -0.519. The minimum absolute atomic E-state index is 0.175. The van der Waals surface area contributed by atoms with E-state index in [0.29, 0.717) is 6.54 Å². The molecule has 2 atom stereocenters. The van der Waals surface area contributed by atoms with Crippen LogP contribution in [0.1, 0.15) is 27.7 Å². The second-order valence-electron chi connectivity index (χ2n) is 5.43. The molecule has 0 aromatic carbocycles. The van der Waals surface area contributed by atoms with Crippen LogP contribution in [0.2, 0.25) is 0 Å². The van der Waals surface area contributed by atoms with Gasteiger partial charge in [-0.15, -0.1) is 0 Å². The van der Waals surface area contributed by atoms with Crippen molar-refractivity contribution in [3.8, 4) is 0 Å². The highest BCUT2D eigenvalue weighted by atomic mass is 32.2. The summed E-state index contributed by atoms with van der Waals surface area (Å²) in [6.07, 6.45) is -0.660. The maximum atomic E-state index is 12.1. The highest BCUT2D eigenvalue weighted by molar-refractivity contribution is 7.87. The van der Waals surface area contributed by atoms with Crippen molar-refractivity contribution in [3.63, 3.8) is 0 Å². The fourth-order valence-corrected chi connectivity index (χ4v) is 3.42. The third kappa shape index (κ3) is 4.51. The van der Waals surface area contributed by atoms with Crippen LogP contribution in [0.25, 0.3) is 0 Å². The lowest BCUT2D eigenvalue weighted by molar-refractivity contribution is -0.0754. The van der Waals surface area contributed by atoms with E-state index in [1.165, 1.54) is 4.31 Å². The number of hydrogen-bond acceptors (Lipinski definition) is 4. The maximum absolute atomic E-state index is 12.1. The van der Waals surface area contributed by atoms with Gasteiger partial charge in [0.25, 0.3) is 10.2 Å². The van der Waals surface area contributed by atoms with Gasteiger partial charge in [-0.1, -0.05) is 0 Å². The molecule has 1 heterocycles. The zero-order valence-corrected chi connectivity index (χ0v) is 11.6. The lowest BCUT2D eigenvalue weighted by atomic mass is 10.1. The number of hydrogen-bond donors (Lipinski definition) is 2. The summed E-state index contributed by atoms with van der Waals surface area (Å²) < 4.78 is 33.5. The first-order valence-electron chi connectivity index (χ1n) is 5.69. The molecule has 102 valence electrons. The molecule has 0 amide bonds. The van der Waals surface area contributed by atoms with Gasteiger partial charge in [0.1, 0.15) is 0 Å². The Kier molecular flexibility index (Phi) is 4.54. The van der Waals surface area contributed by atoms with E-state index in [1.54, 1.807) is 27.7 Å². The highest BCUT2D eigenvalue weighted by Gasteiger charge is 2.34. The minimum atomic E-state index is -3.52. The molecule has 0 bridgehead atoms. The Bertz CT molecular complexity index is 350. The van der Waals surface area contributed by atoms with Crippen LogP contribution in [0.4, 0.5) is 0 Å². The summed E-state index contributed by atoms with van der Waals surface area (Å²) in [6, 6.07) is 0. The summed E-state index contributed by atoms with van der Waals surface area (Å²) in [6.45, 7) is 7.48. The molecule has 1 fully saturated rings. The van der Waals surface area contributed by atoms with Crippen LogP contribution >= 0.6 is 0 Å². The van der Waals surface area contributed by atoms with Gasteiger partial charge in [-0.3, -0.25) is 0 Å². The van der Waals surface area contributed by atoms with Crippen molar-refractivity contribution < 1.29 is 18.3 Å². The standard InChI is InChI=1S/C10H22N2O4S/c1-8-5-12(6-9(7-13)16-8)17(14,15)11-10(2,3)4/h8-9,11,13H,5-7H2,1-4H3. The Morgan fingerprint density at radius 3 is 2.47 bits per heavy atom. The molecule has 0 saturated carbocycles. The van der Waals surface area contributed by atoms with Crippen LogP contribution < -0.4 is 4.72 Å². The number of nitrogens with zero attached hydrogens (tertiary/aromatic N) is 1. The number of rotatable bonds is 3. The fourth-order valence-electron chi connectivity index (χ4n) is 1.75. The van der Waals surface area contributed by atoms with Crippen molar-refractivity contribution in [2.75, 3.05) is 19.7 Å². The van der Waals surface area contributed by atoms with Gasteiger partial charge in [-0.25, -0.2) is 0 Å². The van der Waals surface area contributed by atoms with Crippen molar-refractivity contribution in [1.29, 1.82) is 0 Å². The van der Waals surface area contributed by atoms with E-state index < -0.39 is 21.9 Å². The Hall–Kier alpha value is -0.210. The largest absolute Gasteiger partial charge is 0.394 e. The summed E-state index contributed by atoms with van der Waals surface area (Å²) in [4.78, 5) is 0. The van der Waals surface area contributed by atoms with Gasteiger partial charge >= 0.3 is 0 Å². The summed E-state index contributed by atoms with van der Waals surface area (Å²) in [5, 5.41) is 9.06. The second-order valence-corrected chi connectivity index (χ2v) is 7.10. The van der Waals surface area contributed by atoms with Crippen LogP contribution in [0.3, 0.4) is 0 Å². The number of aliphatic hydroxyl groups excluding tert-OH is 1. The molecule has 1 rings (SSSR count). The molecule has 1 aliphatic rings. The van der Waals surface area contributed by atoms with Gasteiger partial charge in [-0.05, 0) is 27.7 Å². The zero-order chi connectivity index (χ0) is 13.3. The first kappa shape index (κ1) is 14.8. The van der Waals surface area contributed by atoms with Gasteiger partial charge in [-0.2, -0.15) is 17.4 Å². The number of ether oxygens (including phenoxy) is 1. The van der Waals surface area contributed by atoms with Gasteiger partial charge in [0.05, 0.1) is 18.8 Å². The van der Waals surface area contributed by atoms with Gasteiger partial charge in [0, 0.05) is 18.6 Å². The normalized spacial score (nSPS) is 28.3. The summed E-state index contributed by atoms with van der Waals surface area (Å²) in [7, 11) is -3.52. The predicted molar refractivity (Wildman–Crippen MR) is 64.8 cm³/mol. The number of nitrogens with one attached hydrogen (secondary N) is 1. The van der Waals surface area contributed by atoms with E-state index in [2.05, 4.69) is 4.72 Å². The first-order valence-corrected chi connectivity index (χ1v) is 7.13. The molecule has 2 N–H and O–H groups in total. The Balaban J connectivity index is 2.77. The van der Waals surface area contributed by atoms with Crippen LogP contribution in [0.15, 0.2) is 0 Å². The molecular formula is C10H22N2O4S. The first-order chi connectivity index (χ1) is 7.64. The molecule has 1 saturated heterocycles. The highest BCUT2D eigenvalue weighted by Crippen LogP contribution is 2.15. The van der Waals surface area contributed by atoms with E-state index in [1.807, 2.05) is 0 Å². The molecule has 1 aliphatic heterocycles. The molecule has 0 spiro atoms. The van der Waals surface area contributed by atoms with Gasteiger partial charge in [0.15, 0.2) is 0 Å². The third-order valence-corrected chi connectivity index (χ3v) is 4.12. The zero-order valence-electron chi connectivity index (χ0n) is 10.8. The molecular weight excluding hydrogens is 244 g/mol. The monoisotopic (exact) mass is 266 g/mol. The Morgan fingerprint density at radius 1 is 1.41 bits per heavy atom. The molecule has 0 radical (unpaired) electrons.